The van der Waals surface area contributed by atoms with E-state index in [9.17, 15) is 13.2 Å². The van der Waals surface area contributed by atoms with Crippen molar-refractivity contribution in [1.29, 1.82) is 0 Å². The number of carbonyl (C=O) groups excluding carboxylic acids is 1. The molecule has 1 aromatic heterocycles. The van der Waals surface area contributed by atoms with Gasteiger partial charge in [-0.25, -0.2) is 12.7 Å². The minimum absolute atomic E-state index is 0.0279. The zero-order valence-electron chi connectivity index (χ0n) is 12.8. The summed E-state index contributed by atoms with van der Waals surface area (Å²) < 4.78 is 30.0. The summed E-state index contributed by atoms with van der Waals surface area (Å²) in [4.78, 5) is 12.1. The third-order valence-electron chi connectivity index (χ3n) is 3.84. The van der Waals surface area contributed by atoms with Gasteiger partial charge in [-0.2, -0.15) is 0 Å². The molecule has 0 aliphatic heterocycles. The molecule has 0 aromatic carbocycles. The van der Waals surface area contributed by atoms with Crippen LogP contribution in [0.3, 0.4) is 0 Å². The van der Waals surface area contributed by atoms with Crippen LogP contribution in [0.4, 0.5) is 0 Å². The minimum atomic E-state index is -3.65. The quantitative estimate of drug-likeness (QED) is 0.919. The van der Waals surface area contributed by atoms with Crippen LogP contribution in [0.25, 0.3) is 0 Å². The number of nitrogens with zero attached hydrogens (tertiary/aromatic N) is 1. The van der Waals surface area contributed by atoms with E-state index >= 15 is 0 Å². The molecule has 21 heavy (non-hydrogen) atoms. The maximum Gasteiger partial charge on any atom is 0.287 e. The molecule has 0 bridgehead atoms. The molecule has 7 heteroatoms. The fourth-order valence-corrected chi connectivity index (χ4v) is 3.37. The van der Waals surface area contributed by atoms with Crippen LogP contribution < -0.4 is 5.32 Å². The van der Waals surface area contributed by atoms with E-state index in [-0.39, 0.29) is 28.2 Å². The molecule has 1 heterocycles. The summed E-state index contributed by atoms with van der Waals surface area (Å²) in [7, 11) is -0.819. The number of furan rings is 1. The average Bonchev–Trinajstić information content (AvgIpc) is 2.96. The Morgan fingerprint density at radius 3 is 2.57 bits per heavy atom. The van der Waals surface area contributed by atoms with Crippen LogP contribution in [0.2, 0.25) is 0 Å². The van der Waals surface area contributed by atoms with Crippen molar-refractivity contribution in [3.63, 3.8) is 0 Å². The molecule has 1 fully saturated rings. The summed E-state index contributed by atoms with van der Waals surface area (Å²) in [6.45, 7) is 4.35. The van der Waals surface area contributed by atoms with E-state index in [0.717, 1.165) is 23.6 Å². The van der Waals surface area contributed by atoms with Crippen molar-refractivity contribution in [2.75, 3.05) is 14.1 Å². The minimum Gasteiger partial charge on any atom is -0.438 e. The highest BCUT2D eigenvalue weighted by Crippen LogP contribution is 2.37. The van der Waals surface area contributed by atoms with E-state index in [1.54, 1.807) is 0 Å². The maximum atomic E-state index is 12.1. The first kappa shape index (κ1) is 16.0. The van der Waals surface area contributed by atoms with Gasteiger partial charge in [0.2, 0.25) is 5.09 Å². The van der Waals surface area contributed by atoms with Crippen LogP contribution >= 0.6 is 0 Å². The van der Waals surface area contributed by atoms with Crippen LogP contribution in [-0.4, -0.2) is 38.8 Å². The van der Waals surface area contributed by atoms with Gasteiger partial charge in [-0.3, -0.25) is 4.79 Å². The lowest BCUT2D eigenvalue weighted by atomic mass is 9.92. The zero-order valence-corrected chi connectivity index (χ0v) is 13.7. The van der Waals surface area contributed by atoms with Gasteiger partial charge in [-0.05, 0) is 36.8 Å². The van der Waals surface area contributed by atoms with Crippen LogP contribution in [0.1, 0.15) is 43.7 Å². The van der Waals surface area contributed by atoms with Crippen molar-refractivity contribution < 1.29 is 17.6 Å². The summed E-state index contributed by atoms with van der Waals surface area (Å²) in [5.74, 6) is -0.335. The van der Waals surface area contributed by atoms with Gasteiger partial charge in [0.05, 0.1) is 0 Å². The molecule has 1 aliphatic rings. The largest absolute Gasteiger partial charge is 0.438 e. The second-order valence-corrected chi connectivity index (χ2v) is 8.57. The first-order valence-electron chi connectivity index (χ1n) is 6.95. The van der Waals surface area contributed by atoms with E-state index < -0.39 is 10.0 Å². The van der Waals surface area contributed by atoms with E-state index in [0.29, 0.717) is 0 Å². The van der Waals surface area contributed by atoms with Crippen LogP contribution in [0, 0.1) is 5.41 Å². The first-order valence-corrected chi connectivity index (χ1v) is 8.39. The van der Waals surface area contributed by atoms with Crippen molar-refractivity contribution >= 4 is 15.9 Å². The third-order valence-corrected chi connectivity index (χ3v) is 5.53. The fraction of sp³-hybridized carbons (Fsp3) is 0.643. The number of hydrogen-bond acceptors (Lipinski definition) is 4. The Labute approximate surface area is 125 Å². The Hall–Kier alpha value is -1.34. The van der Waals surface area contributed by atoms with E-state index in [2.05, 4.69) is 19.2 Å². The topological polar surface area (TPSA) is 79.6 Å². The van der Waals surface area contributed by atoms with Gasteiger partial charge in [-0.1, -0.05) is 13.8 Å². The highest BCUT2D eigenvalue weighted by atomic mass is 32.2. The summed E-state index contributed by atoms with van der Waals surface area (Å²) in [6.07, 6.45) is 2.92. The molecular weight excluding hydrogens is 292 g/mol. The molecule has 1 aromatic rings. The van der Waals surface area contributed by atoms with Gasteiger partial charge in [0, 0.05) is 20.1 Å². The van der Waals surface area contributed by atoms with E-state index in [1.807, 2.05) is 0 Å². The number of nitrogens with one attached hydrogen (secondary N) is 1. The van der Waals surface area contributed by atoms with E-state index in [4.69, 9.17) is 4.42 Å². The normalized spacial score (nSPS) is 21.7. The number of rotatable bonds is 4. The standard InChI is InChI=1S/C14H22N2O4S/c1-14(2)8-7-10(9-14)15-13(17)11-5-6-12(20-11)21(18,19)16(3)4/h5-6,10H,7-9H2,1-4H3,(H,15,17). The molecule has 118 valence electrons. The molecule has 1 aliphatic carbocycles. The SMILES string of the molecule is CN(C)S(=O)(=O)c1ccc(C(=O)NC2CCC(C)(C)C2)o1. The molecule has 1 saturated carbocycles. The molecule has 0 saturated heterocycles. The molecule has 6 nitrogen and oxygen atoms in total. The number of amides is 1. The molecular formula is C14H22N2O4S. The monoisotopic (exact) mass is 314 g/mol. The Kier molecular flexibility index (Phi) is 4.17. The smallest absolute Gasteiger partial charge is 0.287 e. The van der Waals surface area contributed by atoms with Gasteiger partial charge in [-0.15, -0.1) is 0 Å². The molecule has 0 spiro atoms. The van der Waals surface area contributed by atoms with Crippen LogP contribution in [-0.2, 0) is 10.0 Å². The number of carbonyl (C=O) groups is 1. The van der Waals surface area contributed by atoms with Crippen molar-refractivity contribution in [3.8, 4) is 0 Å². The second kappa shape index (κ2) is 5.46. The van der Waals surface area contributed by atoms with Crippen LogP contribution in [0.5, 0.6) is 0 Å². The molecule has 1 amide bonds. The Bertz CT molecular complexity index is 631. The Morgan fingerprint density at radius 2 is 2.05 bits per heavy atom. The van der Waals surface area contributed by atoms with Crippen molar-refractivity contribution in [2.45, 2.75) is 44.2 Å². The van der Waals surface area contributed by atoms with Crippen molar-refractivity contribution in [2.24, 2.45) is 5.41 Å². The summed E-state index contributed by atoms with van der Waals surface area (Å²) in [5, 5.41) is 2.69. The summed E-state index contributed by atoms with van der Waals surface area (Å²) in [5.41, 5.74) is 0.237. The van der Waals surface area contributed by atoms with Gasteiger partial charge in [0.1, 0.15) is 0 Å². The Balaban J connectivity index is 2.07. The maximum absolute atomic E-state index is 12.1. The van der Waals surface area contributed by atoms with Gasteiger partial charge in [0.15, 0.2) is 5.76 Å². The van der Waals surface area contributed by atoms with Crippen molar-refractivity contribution in [1.82, 2.24) is 9.62 Å². The molecule has 1 atom stereocenters. The van der Waals surface area contributed by atoms with Crippen molar-refractivity contribution in [3.05, 3.63) is 17.9 Å². The molecule has 1 unspecified atom stereocenters. The van der Waals surface area contributed by atoms with Gasteiger partial charge in [0.25, 0.3) is 15.9 Å². The molecule has 0 radical (unpaired) electrons. The average molecular weight is 314 g/mol. The lowest BCUT2D eigenvalue weighted by Crippen LogP contribution is -2.33. The molecule has 2 rings (SSSR count). The van der Waals surface area contributed by atoms with E-state index in [1.165, 1.54) is 26.2 Å². The number of hydrogen-bond donors (Lipinski definition) is 1. The lowest BCUT2D eigenvalue weighted by Gasteiger charge is -2.17. The third kappa shape index (κ3) is 3.47. The van der Waals surface area contributed by atoms with Gasteiger partial charge < -0.3 is 9.73 Å². The number of sulfonamides is 1. The molecule has 1 N–H and O–H groups in total. The lowest BCUT2D eigenvalue weighted by molar-refractivity contribution is 0.0902. The highest BCUT2D eigenvalue weighted by molar-refractivity contribution is 7.88. The Morgan fingerprint density at radius 1 is 1.38 bits per heavy atom. The summed E-state index contributed by atoms with van der Waals surface area (Å²) >= 11 is 0. The first-order chi connectivity index (χ1) is 9.62. The van der Waals surface area contributed by atoms with Crippen LogP contribution in [0.15, 0.2) is 21.6 Å². The zero-order chi connectivity index (χ0) is 15.8. The highest BCUT2D eigenvalue weighted by Gasteiger charge is 2.32. The summed E-state index contributed by atoms with van der Waals surface area (Å²) in [6, 6.07) is 2.82. The predicted molar refractivity (Wildman–Crippen MR) is 78.5 cm³/mol. The van der Waals surface area contributed by atoms with Gasteiger partial charge >= 0.3 is 0 Å². The predicted octanol–water partition coefficient (Wildman–Crippen LogP) is 1.84. The second-order valence-electron chi connectivity index (χ2n) is 6.48. The fourth-order valence-electron chi connectivity index (χ4n) is 2.58.